The minimum absolute atomic E-state index is 0.0143. The lowest BCUT2D eigenvalue weighted by atomic mass is 9.84. The van der Waals surface area contributed by atoms with E-state index in [2.05, 4.69) is 17.6 Å². The van der Waals surface area contributed by atoms with Crippen LogP contribution in [0.2, 0.25) is 0 Å². The van der Waals surface area contributed by atoms with Crippen molar-refractivity contribution in [2.45, 2.75) is 45.6 Å². The first kappa shape index (κ1) is 15.8. The molecule has 0 bridgehead atoms. The summed E-state index contributed by atoms with van der Waals surface area (Å²) in [5.41, 5.74) is 8.84. The standard InChI is InChI=1S/C17H27N3O/c1-3-19-17(21)13-9-8-12(2)16(10-13)20-15-7-5-4-6-14(15)11-18/h8-10,14-15,20H,3-7,11,18H2,1-2H3,(H,19,21). The average molecular weight is 289 g/mol. The van der Waals surface area contributed by atoms with E-state index < -0.39 is 0 Å². The van der Waals surface area contributed by atoms with Crippen LogP contribution in [-0.4, -0.2) is 25.0 Å². The van der Waals surface area contributed by atoms with Crippen molar-refractivity contribution in [1.82, 2.24) is 5.32 Å². The van der Waals surface area contributed by atoms with Gasteiger partial charge in [0.1, 0.15) is 0 Å². The summed E-state index contributed by atoms with van der Waals surface area (Å²) in [4.78, 5) is 12.0. The van der Waals surface area contributed by atoms with Gasteiger partial charge >= 0.3 is 0 Å². The Balaban J connectivity index is 2.14. The molecule has 1 aliphatic carbocycles. The summed E-state index contributed by atoms with van der Waals surface area (Å²) in [6, 6.07) is 6.27. The van der Waals surface area contributed by atoms with Crippen LogP contribution in [0.25, 0.3) is 0 Å². The van der Waals surface area contributed by atoms with Gasteiger partial charge in [-0.05, 0) is 56.8 Å². The Morgan fingerprint density at radius 3 is 2.81 bits per heavy atom. The van der Waals surface area contributed by atoms with Crippen molar-refractivity contribution in [3.8, 4) is 0 Å². The van der Waals surface area contributed by atoms with Gasteiger partial charge in [-0.15, -0.1) is 0 Å². The molecule has 1 saturated carbocycles. The molecule has 0 aliphatic heterocycles. The number of hydrogen-bond donors (Lipinski definition) is 3. The highest BCUT2D eigenvalue weighted by Gasteiger charge is 2.24. The molecule has 1 aliphatic rings. The fourth-order valence-corrected chi connectivity index (χ4v) is 3.06. The van der Waals surface area contributed by atoms with Crippen molar-refractivity contribution in [3.05, 3.63) is 29.3 Å². The molecule has 0 aromatic heterocycles. The van der Waals surface area contributed by atoms with Gasteiger partial charge in [-0.3, -0.25) is 4.79 Å². The number of nitrogens with two attached hydrogens (primary N) is 1. The third-order valence-corrected chi connectivity index (χ3v) is 4.39. The lowest BCUT2D eigenvalue weighted by Crippen LogP contribution is -2.37. The van der Waals surface area contributed by atoms with Gasteiger partial charge in [-0.2, -0.15) is 0 Å². The second-order valence-corrected chi connectivity index (χ2v) is 5.92. The molecule has 1 amide bonds. The SMILES string of the molecule is CCNC(=O)c1ccc(C)c(NC2CCCCC2CN)c1. The normalized spacial score (nSPS) is 21.9. The molecular formula is C17H27N3O. The van der Waals surface area contributed by atoms with E-state index in [0.717, 1.165) is 18.7 Å². The zero-order chi connectivity index (χ0) is 15.2. The fraction of sp³-hybridized carbons (Fsp3) is 0.588. The fourth-order valence-electron chi connectivity index (χ4n) is 3.06. The number of anilines is 1. The first-order valence-electron chi connectivity index (χ1n) is 8.01. The third kappa shape index (κ3) is 3.97. The maximum Gasteiger partial charge on any atom is 0.251 e. The second kappa shape index (κ2) is 7.46. The quantitative estimate of drug-likeness (QED) is 0.780. The van der Waals surface area contributed by atoms with Crippen molar-refractivity contribution in [1.29, 1.82) is 0 Å². The monoisotopic (exact) mass is 289 g/mol. The van der Waals surface area contributed by atoms with Crippen LogP contribution < -0.4 is 16.4 Å². The van der Waals surface area contributed by atoms with E-state index in [1.165, 1.54) is 24.8 Å². The second-order valence-electron chi connectivity index (χ2n) is 5.92. The van der Waals surface area contributed by atoms with Crippen LogP contribution in [0.3, 0.4) is 0 Å². The van der Waals surface area contributed by atoms with Gasteiger partial charge in [0.15, 0.2) is 0 Å². The number of carbonyl (C=O) groups excluding carboxylic acids is 1. The Morgan fingerprint density at radius 1 is 1.33 bits per heavy atom. The van der Waals surface area contributed by atoms with Crippen LogP contribution >= 0.6 is 0 Å². The van der Waals surface area contributed by atoms with Gasteiger partial charge in [0, 0.05) is 23.8 Å². The summed E-state index contributed by atoms with van der Waals surface area (Å²) in [6.45, 7) is 5.38. The zero-order valence-electron chi connectivity index (χ0n) is 13.1. The predicted octanol–water partition coefficient (Wildman–Crippen LogP) is 2.67. The molecular weight excluding hydrogens is 262 g/mol. The summed E-state index contributed by atoms with van der Waals surface area (Å²) in [6.07, 6.45) is 4.89. The first-order chi connectivity index (χ1) is 10.2. The van der Waals surface area contributed by atoms with Gasteiger partial charge in [0.05, 0.1) is 0 Å². The number of carbonyl (C=O) groups is 1. The number of rotatable bonds is 5. The highest BCUT2D eigenvalue weighted by Crippen LogP contribution is 2.28. The minimum Gasteiger partial charge on any atom is -0.382 e. The molecule has 0 spiro atoms. The zero-order valence-corrected chi connectivity index (χ0v) is 13.1. The molecule has 2 atom stereocenters. The van der Waals surface area contributed by atoms with Crippen LogP contribution in [0.1, 0.15) is 48.5 Å². The Morgan fingerprint density at radius 2 is 2.10 bits per heavy atom. The molecule has 4 nitrogen and oxygen atoms in total. The smallest absolute Gasteiger partial charge is 0.251 e. The van der Waals surface area contributed by atoms with Gasteiger partial charge in [0.25, 0.3) is 5.91 Å². The van der Waals surface area contributed by atoms with E-state index in [0.29, 0.717) is 24.1 Å². The summed E-state index contributed by atoms with van der Waals surface area (Å²) in [5, 5.41) is 6.47. The van der Waals surface area contributed by atoms with Crippen LogP contribution in [-0.2, 0) is 0 Å². The largest absolute Gasteiger partial charge is 0.382 e. The van der Waals surface area contributed by atoms with Crippen LogP contribution in [0.4, 0.5) is 5.69 Å². The van der Waals surface area contributed by atoms with Crippen LogP contribution in [0.5, 0.6) is 0 Å². The average Bonchev–Trinajstić information content (AvgIpc) is 2.50. The Bertz CT molecular complexity index is 487. The molecule has 116 valence electrons. The molecule has 4 heteroatoms. The van der Waals surface area contributed by atoms with Gasteiger partial charge in [0.2, 0.25) is 0 Å². The van der Waals surface area contributed by atoms with Crippen molar-refractivity contribution in [2.75, 3.05) is 18.4 Å². The number of hydrogen-bond acceptors (Lipinski definition) is 3. The van der Waals surface area contributed by atoms with Crippen LogP contribution in [0.15, 0.2) is 18.2 Å². The molecule has 0 radical (unpaired) electrons. The molecule has 1 aromatic carbocycles. The lowest BCUT2D eigenvalue weighted by molar-refractivity contribution is 0.0956. The van der Waals surface area contributed by atoms with Crippen molar-refractivity contribution in [3.63, 3.8) is 0 Å². The molecule has 1 fully saturated rings. The van der Waals surface area contributed by atoms with E-state index in [1.54, 1.807) is 0 Å². The van der Waals surface area contributed by atoms with Crippen molar-refractivity contribution >= 4 is 11.6 Å². The van der Waals surface area contributed by atoms with Gasteiger partial charge < -0.3 is 16.4 Å². The number of benzene rings is 1. The summed E-state index contributed by atoms with van der Waals surface area (Å²) >= 11 is 0. The van der Waals surface area contributed by atoms with Crippen LogP contribution in [0, 0.1) is 12.8 Å². The van der Waals surface area contributed by atoms with Crippen molar-refractivity contribution in [2.24, 2.45) is 11.7 Å². The molecule has 0 saturated heterocycles. The van der Waals surface area contributed by atoms with E-state index in [9.17, 15) is 4.79 Å². The molecule has 0 heterocycles. The first-order valence-corrected chi connectivity index (χ1v) is 8.01. The number of nitrogens with one attached hydrogen (secondary N) is 2. The molecule has 2 unspecified atom stereocenters. The Hall–Kier alpha value is -1.55. The molecule has 1 aromatic rings. The summed E-state index contributed by atoms with van der Waals surface area (Å²) in [5.74, 6) is 0.519. The molecule has 4 N–H and O–H groups in total. The van der Waals surface area contributed by atoms with Crippen molar-refractivity contribution < 1.29 is 4.79 Å². The maximum absolute atomic E-state index is 12.0. The highest BCUT2D eigenvalue weighted by molar-refractivity contribution is 5.95. The van der Waals surface area contributed by atoms with E-state index in [1.807, 2.05) is 25.1 Å². The molecule has 21 heavy (non-hydrogen) atoms. The summed E-state index contributed by atoms with van der Waals surface area (Å²) in [7, 11) is 0. The van der Waals surface area contributed by atoms with Gasteiger partial charge in [-0.25, -0.2) is 0 Å². The Kier molecular flexibility index (Phi) is 5.62. The van der Waals surface area contributed by atoms with E-state index >= 15 is 0 Å². The highest BCUT2D eigenvalue weighted by atomic mass is 16.1. The Labute approximate surface area is 127 Å². The van der Waals surface area contributed by atoms with Gasteiger partial charge in [-0.1, -0.05) is 18.9 Å². The minimum atomic E-state index is -0.0143. The maximum atomic E-state index is 12.0. The number of amides is 1. The lowest BCUT2D eigenvalue weighted by Gasteiger charge is -2.32. The topological polar surface area (TPSA) is 67.2 Å². The third-order valence-electron chi connectivity index (χ3n) is 4.39. The molecule has 2 rings (SSSR count). The predicted molar refractivity (Wildman–Crippen MR) is 87.6 cm³/mol. The summed E-state index contributed by atoms with van der Waals surface area (Å²) < 4.78 is 0. The van der Waals surface area contributed by atoms with E-state index in [-0.39, 0.29) is 5.91 Å². The van der Waals surface area contributed by atoms with E-state index in [4.69, 9.17) is 5.73 Å². The number of aryl methyl sites for hydroxylation is 1.